The smallest absolute Gasteiger partial charge is 0.324 e. The molecule has 0 spiro atoms. The topological polar surface area (TPSA) is 115 Å². The predicted molar refractivity (Wildman–Crippen MR) is 180 cm³/mol. The number of pyridine rings is 1. The van der Waals surface area contributed by atoms with Gasteiger partial charge in [-0.25, -0.2) is 5.43 Å². The van der Waals surface area contributed by atoms with Gasteiger partial charge in [0.15, 0.2) is 0 Å². The number of methoxy groups -OCH3 is 1. The Balaban J connectivity index is 1.50. The summed E-state index contributed by atoms with van der Waals surface area (Å²) in [5, 5.41) is 2.71. The number of nitrogens with one attached hydrogen (secondary N) is 1. The lowest BCUT2D eigenvalue weighted by Gasteiger charge is -2.36. The van der Waals surface area contributed by atoms with Crippen molar-refractivity contribution in [2.75, 3.05) is 39.9 Å². The monoisotopic (exact) mass is 628 g/mol. The number of esters is 1. The van der Waals surface area contributed by atoms with Crippen LogP contribution in [0.3, 0.4) is 0 Å². The minimum Gasteiger partial charge on any atom is -0.464 e. The van der Waals surface area contributed by atoms with Crippen LogP contribution >= 0.6 is 0 Å². The SMILES string of the molecule is CCn1c(-c2cccnc2[C@H](C)OC)c2c3cc(ccc31)C1=CCCN(C1)C[C@H](N)C(=O)N1CCC[C@H](N1)C(=O)OCC(C)(C)C2. The number of benzene rings is 1. The third-order valence-electron chi connectivity index (χ3n) is 9.69. The third kappa shape index (κ3) is 6.36. The number of rotatable bonds is 4. The predicted octanol–water partition coefficient (Wildman–Crippen LogP) is 4.47. The number of ether oxygens (including phenoxy) is 2. The van der Waals surface area contributed by atoms with Crippen LogP contribution < -0.4 is 11.2 Å². The van der Waals surface area contributed by atoms with Gasteiger partial charge < -0.3 is 19.8 Å². The van der Waals surface area contributed by atoms with E-state index in [1.807, 2.05) is 19.2 Å². The van der Waals surface area contributed by atoms with Crippen molar-refractivity contribution in [3.8, 4) is 11.3 Å². The number of hydrogen-bond donors (Lipinski definition) is 2. The second kappa shape index (κ2) is 13.3. The van der Waals surface area contributed by atoms with Gasteiger partial charge in [0.25, 0.3) is 5.91 Å². The fourth-order valence-corrected chi connectivity index (χ4v) is 7.23. The molecule has 2 aromatic heterocycles. The van der Waals surface area contributed by atoms with Gasteiger partial charge >= 0.3 is 5.97 Å². The van der Waals surface area contributed by atoms with Crippen molar-refractivity contribution in [1.29, 1.82) is 0 Å². The lowest BCUT2D eigenvalue weighted by atomic mass is 9.84. The van der Waals surface area contributed by atoms with Gasteiger partial charge in [-0.1, -0.05) is 26.0 Å². The Morgan fingerprint density at radius 1 is 1.22 bits per heavy atom. The van der Waals surface area contributed by atoms with Gasteiger partial charge in [0.2, 0.25) is 0 Å². The summed E-state index contributed by atoms with van der Waals surface area (Å²) in [5.74, 6) is -0.528. The van der Waals surface area contributed by atoms with Crippen molar-refractivity contribution in [1.82, 2.24) is 24.9 Å². The van der Waals surface area contributed by atoms with E-state index in [4.69, 9.17) is 20.2 Å². The van der Waals surface area contributed by atoms with Gasteiger partial charge in [0.05, 0.1) is 30.1 Å². The second-order valence-corrected chi connectivity index (χ2v) is 13.7. The first-order valence-electron chi connectivity index (χ1n) is 16.6. The standard InChI is InChI=1S/C36H48N6O4/c1-6-41-31-14-13-24-18-27(31)28(33(41)26-11-7-15-38-32(26)23(2)45-5)19-36(3,4)22-46-35(44)30-12-9-17-42(39-30)34(43)29(37)21-40-16-8-10-25(24)20-40/h7,10-11,13-15,18,23,29-30,39H,6,8-9,12,16-17,19-22,37H2,1-5H3/t23-,29-,30-/m0/s1. The van der Waals surface area contributed by atoms with E-state index < -0.39 is 12.1 Å². The van der Waals surface area contributed by atoms with Gasteiger partial charge in [-0.3, -0.25) is 24.5 Å². The number of cyclic esters (lactones) is 1. The first-order chi connectivity index (χ1) is 22.1. The molecule has 10 nitrogen and oxygen atoms in total. The van der Waals surface area contributed by atoms with E-state index in [2.05, 4.69) is 66.0 Å². The number of amides is 1. The van der Waals surface area contributed by atoms with Crippen molar-refractivity contribution < 1.29 is 19.1 Å². The first kappa shape index (κ1) is 32.4. The van der Waals surface area contributed by atoms with Gasteiger partial charge in [0, 0.05) is 67.9 Å². The lowest BCUT2D eigenvalue weighted by molar-refractivity contribution is -0.155. The number of carbonyl (C=O) groups excluding carboxylic acids is 2. The summed E-state index contributed by atoms with van der Waals surface area (Å²) in [4.78, 5) is 33.8. The van der Waals surface area contributed by atoms with Crippen molar-refractivity contribution in [3.05, 3.63) is 59.4 Å². The molecule has 0 aliphatic carbocycles. The normalized spacial score (nSPS) is 24.7. The summed E-state index contributed by atoms with van der Waals surface area (Å²) in [6.07, 6.45) is 6.84. The van der Waals surface area contributed by atoms with Crippen molar-refractivity contribution in [2.24, 2.45) is 11.1 Å². The Labute approximate surface area is 271 Å². The summed E-state index contributed by atoms with van der Waals surface area (Å²) >= 11 is 0. The van der Waals surface area contributed by atoms with Gasteiger partial charge in [-0.05, 0) is 80.5 Å². The van der Waals surface area contributed by atoms with E-state index in [9.17, 15) is 9.59 Å². The Hall–Kier alpha value is -3.57. The maximum absolute atomic E-state index is 13.4. The van der Waals surface area contributed by atoms with Crippen molar-refractivity contribution >= 4 is 28.4 Å². The summed E-state index contributed by atoms with van der Waals surface area (Å²) in [6, 6.07) is 9.62. The minimum absolute atomic E-state index is 0.186. The molecule has 0 saturated carbocycles. The lowest BCUT2D eigenvalue weighted by Crippen LogP contribution is -2.60. The van der Waals surface area contributed by atoms with E-state index in [1.54, 1.807) is 7.11 Å². The molecule has 0 radical (unpaired) electrons. The zero-order valence-corrected chi connectivity index (χ0v) is 27.8. The highest BCUT2D eigenvalue weighted by Crippen LogP contribution is 2.41. The molecule has 6 rings (SSSR count). The Kier molecular flexibility index (Phi) is 9.34. The van der Waals surface area contributed by atoms with Crippen molar-refractivity contribution in [3.63, 3.8) is 0 Å². The number of aryl methyl sites for hydroxylation is 1. The maximum Gasteiger partial charge on any atom is 0.324 e. The van der Waals surface area contributed by atoms with Gasteiger partial charge in [-0.2, -0.15) is 0 Å². The molecule has 10 heteroatoms. The highest BCUT2D eigenvalue weighted by Gasteiger charge is 2.34. The quantitative estimate of drug-likeness (QED) is 0.407. The zero-order chi connectivity index (χ0) is 32.6. The molecule has 1 amide bonds. The summed E-state index contributed by atoms with van der Waals surface area (Å²) in [5.41, 5.74) is 17.1. The van der Waals surface area contributed by atoms with Crippen LogP contribution in [0, 0.1) is 5.41 Å². The van der Waals surface area contributed by atoms with Crippen LogP contribution in [-0.4, -0.2) is 83.3 Å². The first-order valence-corrected chi connectivity index (χ1v) is 16.6. The molecule has 3 aliphatic heterocycles. The fraction of sp³-hybridized carbons (Fsp3) is 0.528. The number of nitrogens with zero attached hydrogens (tertiary/aromatic N) is 4. The molecule has 1 unspecified atom stereocenters. The molecule has 246 valence electrons. The molecule has 4 atom stereocenters. The van der Waals surface area contributed by atoms with E-state index in [1.165, 1.54) is 27.1 Å². The van der Waals surface area contributed by atoms with Crippen LogP contribution in [0.25, 0.3) is 27.7 Å². The van der Waals surface area contributed by atoms with Gasteiger partial charge in [0.1, 0.15) is 6.04 Å². The van der Waals surface area contributed by atoms with Crippen LogP contribution in [0.2, 0.25) is 0 Å². The van der Waals surface area contributed by atoms with Crippen molar-refractivity contribution in [2.45, 2.75) is 78.1 Å². The molecule has 3 aromatic rings. The number of fused-ring (bicyclic) bond motifs is 6. The molecule has 5 heterocycles. The molecular formula is C36H48N6O4. The second-order valence-electron chi connectivity index (χ2n) is 13.7. The van der Waals surface area contributed by atoms with Crippen LogP contribution in [-0.2, 0) is 32.0 Å². The highest BCUT2D eigenvalue weighted by atomic mass is 16.5. The summed E-state index contributed by atoms with van der Waals surface area (Å²) in [6.45, 7) is 12.0. The van der Waals surface area contributed by atoms with E-state index >= 15 is 0 Å². The average Bonchev–Trinajstić information content (AvgIpc) is 3.37. The number of hydrazine groups is 1. The maximum atomic E-state index is 13.4. The van der Waals surface area contributed by atoms with E-state index in [0.717, 1.165) is 48.5 Å². The molecule has 1 aromatic carbocycles. The van der Waals surface area contributed by atoms with Crippen LogP contribution in [0.5, 0.6) is 0 Å². The average molecular weight is 629 g/mol. The van der Waals surface area contributed by atoms with E-state index in [0.29, 0.717) is 32.4 Å². The van der Waals surface area contributed by atoms with Crippen LogP contribution in [0.15, 0.2) is 42.6 Å². The molecule has 6 bridgehead atoms. The fourth-order valence-electron chi connectivity index (χ4n) is 7.23. The number of nitrogens with two attached hydrogens (primary N) is 1. The third-order valence-corrected chi connectivity index (χ3v) is 9.69. The summed E-state index contributed by atoms with van der Waals surface area (Å²) < 4.78 is 14.2. The molecule has 3 aliphatic rings. The largest absolute Gasteiger partial charge is 0.464 e. The molecule has 1 fully saturated rings. The molecule has 46 heavy (non-hydrogen) atoms. The Bertz CT molecular complexity index is 1640. The van der Waals surface area contributed by atoms with Crippen LogP contribution in [0.1, 0.15) is 69.9 Å². The molecular weight excluding hydrogens is 580 g/mol. The summed E-state index contributed by atoms with van der Waals surface area (Å²) in [7, 11) is 1.71. The van der Waals surface area contributed by atoms with Gasteiger partial charge in [-0.15, -0.1) is 0 Å². The number of aromatic nitrogens is 2. The zero-order valence-electron chi connectivity index (χ0n) is 27.8. The Morgan fingerprint density at radius 3 is 2.83 bits per heavy atom. The molecule has 3 N–H and O–H groups in total. The number of carbonyl (C=O) groups is 2. The molecule has 1 saturated heterocycles. The highest BCUT2D eigenvalue weighted by molar-refractivity contribution is 5.95. The number of hydrogen-bond acceptors (Lipinski definition) is 8. The van der Waals surface area contributed by atoms with E-state index in [-0.39, 0.29) is 30.0 Å². The minimum atomic E-state index is -0.696. The van der Waals surface area contributed by atoms with Crippen LogP contribution in [0.4, 0.5) is 0 Å². The Morgan fingerprint density at radius 2 is 2.04 bits per heavy atom.